The van der Waals surface area contributed by atoms with Gasteiger partial charge in [-0.3, -0.25) is 0 Å². The van der Waals surface area contributed by atoms with Crippen molar-refractivity contribution in [3.05, 3.63) is 34.9 Å². The van der Waals surface area contributed by atoms with Crippen LogP contribution in [-0.2, 0) is 5.41 Å². The van der Waals surface area contributed by atoms with Gasteiger partial charge < -0.3 is 10.6 Å². The zero-order valence-electron chi connectivity index (χ0n) is 12.6. The van der Waals surface area contributed by atoms with Crippen LogP contribution in [0.15, 0.2) is 18.2 Å². The van der Waals surface area contributed by atoms with Gasteiger partial charge in [-0.25, -0.2) is 0 Å². The number of rotatable bonds is 7. The highest BCUT2D eigenvalue weighted by Gasteiger charge is 2.21. The maximum Gasteiger partial charge on any atom is 0.00432 e. The highest BCUT2D eigenvalue weighted by Crippen LogP contribution is 2.26. The molecule has 102 valence electrons. The molecule has 0 aliphatic carbocycles. The van der Waals surface area contributed by atoms with Crippen molar-refractivity contribution in [2.75, 3.05) is 26.7 Å². The summed E-state index contributed by atoms with van der Waals surface area (Å²) >= 11 is 0. The SMILES string of the molecule is CNCCCNCC(C)(C)c1cc(C)ccc1C. The van der Waals surface area contributed by atoms with E-state index in [1.165, 1.54) is 23.1 Å². The monoisotopic (exact) mass is 248 g/mol. The molecule has 0 fully saturated rings. The van der Waals surface area contributed by atoms with E-state index >= 15 is 0 Å². The van der Waals surface area contributed by atoms with Crippen LogP contribution in [0.5, 0.6) is 0 Å². The van der Waals surface area contributed by atoms with Crippen molar-refractivity contribution in [2.45, 2.75) is 39.5 Å². The molecule has 0 aromatic heterocycles. The summed E-state index contributed by atoms with van der Waals surface area (Å²) in [5.74, 6) is 0. The lowest BCUT2D eigenvalue weighted by Gasteiger charge is -2.28. The first-order valence-electron chi connectivity index (χ1n) is 6.90. The molecule has 1 rings (SSSR count). The Morgan fingerprint density at radius 2 is 1.83 bits per heavy atom. The first-order valence-corrected chi connectivity index (χ1v) is 6.90. The second-order valence-electron chi connectivity index (χ2n) is 5.84. The molecule has 0 amide bonds. The first kappa shape index (κ1) is 15.2. The fraction of sp³-hybridized carbons (Fsp3) is 0.625. The molecule has 0 aliphatic rings. The summed E-state index contributed by atoms with van der Waals surface area (Å²) in [4.78, 5) is 0. The minimum atomic E-state index is 0.190. The van der Waals surface area contributed by atoms with E-state index in [1.807, 2.05) is 7.05 Å². The van der Waals surface area contributed by atoms with Crippen molar-refractivity contribution in [1.82, 2.24) is 10.6 Å². The van der Waals surface area contributed by atoms with Crippen LogP contribution in [0.3, 0.4) is 0 Å². The minimum absolute atomic E-state index is 0.190. The molecule has 0 spiro atoms. The molecule has 2 nitrogen and oxygen atoms in total. The highest BCUT2D eigenvalue weighted by atomic mass is 14.9. The lowest BCUT2D eigenvalue weighted by molar-refractivity contribution is 0.462. The minimum Gasteiger partial charge on any atom is -0.320 e. The third-order valence-corrected chi connectivity index (χ3v) is 3.47. The second kappa shape index (κ2) is 6.91. The summed E-state index contributed by atoms with van der Waals surface area (Å²) in [6, 6.07) is 6.74. The van der Waals surface area contributed by atoms with E-state index in [4.69, 9.17) is 0 Å². The van der Waals surface area contributed by atoms with Gasteiger partial charge >= 0.3 is 0 Å². The summed E-state index contributed by atoms with van der Waals surface area (Å²) in [5.41, 5.74) is 4.39. The van der Waals surface area contributed by atoms with E-state index in [2.05, 4.69) is 56.5 Å². The van der Waals surface area contributed by atoms with Gasteiger partial charge in [0.25, 0.3) is 0 Å². The van der Waals surface area contributed by atoms with Crippen molar-refractivity contribution < 1.29 is 0 Å². The molecular formula is C16H28N2. The molecule has 1 aromatic rings. The number of benzene rings is 1. The zero-order chi connectivity index (χ0) is 13.6. The maximum atomic E-state index is 3.57. The molecule has 0 radical (unpaired) electrons. The normalized spacial score (nSPS) is 11.8. The lowest BCUT2D eigenvalue weighted by atomic mass is 9.81. The van der Waals surface area contributed by atoms with Crippen LogP contribution in [0.1, 0.15) is 37.0 Å². The Hall–Kier alpha value is -0.860. The van der Waals surface area contributed by atoms with Crippen molar-refractivity contribution in [2.24, 2.45) is 0 Å². The second-order valence-corrected chi connectivity index (χ2v) is 5.84. The molecule has 0 unspecified atom stereocenters. The van der Waals surface area contributed by atoms with Gasteiger partial charge in [-0.05, 0) is 51.5 Å². The van der Waals surface area contributed by atoms with Crippen molar-refractivity contribution in [1.29, 1.82) is 0 Å². The Kier molecular flexibility index (Phi) is 5.83. The fourth-order valence-corrected chi connectivity index (χ4v) is 2.35. The molecule has 0 atom stereocenters. The summed E-state index contributed by atoms with van der Waals surface area (Å²) in [6.45, 7) is 12.2. The first-order chi connectivity index (χ1) is 8.47. The van der Waals surface area contributed by atoms with Crippen LogP contribution in [0.25, 0.3) is 0 Å². The third-order valence-electron chi connectivity index (χ3n) is 3.47. The molecule has 0 heterocycles. The van der Waals surface area contributed by atoms with E-state index in [9.17, 15) is 0 Å². The summed E-state index contributed by atoms with van der Waals surface area (Å²) in [7, 11) is 2.00. The van der Waals surface area contributed by atoms with Crippen molar-refractivity contribution in [3.63, 3.8) is 0 Å². The number of hydrogen-bond acceptors (Lipinski definition) is 2. The molecule has 1 aromatic carbocycles. The molecular weight excluding hydrogens is 220 g/mol. The van der Waals surface area contributed by atoms with Crippen molar-refractivity contribution >= 4 is 0 Å². The van der Waals surface area contributed by atoms with E-state index in [0.29, 0.717) is 0 Å². The predicted octanol–water partition coefficient (Wildman–Crippen LogP) is 2.78. The van der Waals surface area contributed by atoms with Gasteiger partial charge in [-0.2, -0.15) is 0 Å². The molecule has 18 heavy (non-hydrogen) atoms. The highest BCUT2D eigenvalue weighted by molar-refractivity contribution is 5.36. The third kappa shape index (κ3) is 4.43. The van der Waals surface area contributed by atoms with Crippen LogP contribution in [0, 0.1) is 13.8 Å². The number of hydrogen-bond donors (Lipinski definition) is 2. The van der Waals surface area contributed by atoms with Gasteiger partial charge in [0.2, 0.25) is 0 Å². The van der Waals surface area contributed by atoms with E-state index < -0.39 is 0 Å². The Bertz CT molecular complexity index is 369. The van der Waals surface area contributed by atoms with Gasteiger partial charge in [0.05, 0.1) is 0 Å². The Labute approximate surface area is 112 Å². The average Bonchev–Trinajstić information content (AvgIpc) is 2.32. The smallest absolute Gasteiger partial charge is 0.00432 e. The van der Waals surface area contributed by atoms with Gasteiger partial charge in [0.15, 0.2) is 0 Å². The fourth-order valence-electron chi connectivity index (χ4n) is 2.35. The van der Waals surface area contributed by atoms with Gasteiger partial charge in [0, 0.05) is 12.0 Å². The van der Waals surface area contributed by atoms with Crippen molar-refractivity contribution in [3.8, 4) is 0 Å². The van der Waals surface area contributed by atoms with Gasteiger partial charge in [0.1, 0.15) is 0 Å². The summed E-state index contributed by atoms with van der Waals surface area (Å²) in [6.07, 6.45) is 1.18. The summed E-state index contributed by atoms with van der Waals surface area (Å²) in [5, 5.41) is 6.74. The summed E-state index contributed by atoms with van der Waals surface area (Å²) < 4.78 is 0. The number of nitrogens with one attached hydrogen (secondary N) is 2. The average molecular weight is 248 g/mol. The molecule has 0 saturated heterocycles. The van der Waals surface area contributed by atoms with Crippen LogP contribution >= 0.6 is 0 Å². The quantitative estimate of drug-likeness (QED) is 0.725. The van der Waals surface area contributed by atoms with E-state index in [0.717, 1.165) is 19.6 Å². The molecule has 2 heteroatoms. The Morgan fingerprint density at radius 1 is 1.11 bits per heavy atom. The van der Waals surface area contributed by atoms with Crippen LogP contribution in [-0.4, -0.2) is 26.7 Å². The largest absolute Gasteiger partial charge is 0.320 e. The molecule has 2 N–H and O–H groups in total. The standard InChI is InChI=1S/C16H28N2/c1-13-7-8-14(2)15(11-13)16(3,4)12-18-10-6-9-17-5/h7-8,11,17-18H,6,9-10,12H2,1-5H3. The predicted molar refractivity (Wildman–Crippen MR) is 80.4 cm³/mol. The topological polar surface area (TPSA) is 24.1 Å². The number of aryl methyl sites for hydroxylation is 2. The molecule has 0 bridgehead atoms. The Morgan fingerprint density at radius 3 is 2.50 bits per heavy atom. The van der Waals surface area contributed by atoms with E-state index in [-0.39, 0.29) is 5.41 Å². The van der Waals surface area contributed by atoms with Gasteiger partial charge in [-0.1, -0.05) is 37.6 Å². The van der Waals surface area contributed by atoms with E-state index in [1.54, 1.807) is 0 Å². The van der Waals surface area contributed by atoms with Crippen LogP contribution in [0.4, 0.5) is 0 Å². The maximum absolute atomic E-state index is 3.57. The van der Waals surface area contributed by atoms with Crippen LogP contribution in [0.2, 0.25) is 0 Å². The van der Waals surface area contributed by atoms with Crippen LogP contribution < -0.4 is 10.6 Å². The zero-order valence-corrected chi connectivity index (χ0v) is 12.6. The Balaban J connectivity index is 2.59. The van der Waals surface area contributed by atoms with Gasteiger partial charge in [-0.15, -0.1) is 0 Å². The lowest BCUT2D eigenvalue weighted by Crippen LogP contribution is -2.34. The molecule has 0 aliphatic heterocycles. The molecule has 0 saturated carbocycles.